The molecule has 0 atom stereocenters. The van der Waals surface area contributed by atoms with Crippen molar-refractivity contribution in [3.05, 3.63) is 0 Å². The minimum absolute atomic E-state index is 0.0637. The van der Waals surface area contributed by atoms with E-state index in [-0.39, 0.29) is 11.8 Å². The molecule has 0 aliphatic heterocycles. The summed E-state index contributed by atoms with van der Waals surface area (Å²) >= 11 is 3.16. The van der Waals surface area contributed by atoms with Crippen LogP contribution in [0, 0.1) is 0 Å². The Morgan fingerprint density at radius 3 is 1.71 bits per heavy atom. The number of amides is 2. The summed E-state index contributed by atoms with van der Waals surface area (Å²) in [7, 11) is 0. The van der Waals surface area contributed by atoms with Crippen molar-refractivity contribution in [2.75, 3.05) is 0 Å². The van der Waals surface area contributed by atoms with Gasteiger partial charge in [0.25, 0.3) is 0 Å². The van der Waals surface area contributed by atoms with Crippen molar-refractivity contribution < 1.29 is 9.59 Å². The van der Waals surface area contributed by atoms with Gasteiger partial charge in [0, 0.05) is 12.8 Å². The molecule has 4 nitrogen and oxygen atoms in total. The van der Waals surface area contributed by atoms with Gasteiger partial charge in [0.15, 0.2) is 5.08 Å². The first-order valence-electron chi connectivity index (χ1n) is 4.83. The topological polar surface area (TPSA) is 58.2 Å². The van der Waals surface area contributed by atoms with Crippen molar-refractivity contribution in [1.29, 1.82) is 0 Å². The summed E-state index contributed by atoms with van der Waals surface area (Å²) in [4.78, 5) is 22.2. The zero-order valence-corrected chi connectivity index (χ0v) is 10.2. The lowest BCUT2D eigenvalue weighted by Crippen LogP contribution is -2.43. The minimum atomic E-state index is -0.458. The van der Waals surface area contributed by atoms with Gasteiger partial charge in [0.2, 0.25) is 11.8 Å². The average Bonchev–Trinajstić information content (AvgIpc) is 2.03. The molecule has 0 aliphatic carbocycles. The Morgan fingerprint density at radius 1 is 1.07 bits per heavy atom. The summed E-state index contributed by atoms with van der Waals surface area (Å²) in [5, 5.41) is 4.77. The molecule has 0 aromatic carbocycles. The van der Waals surface area contributed by atoms with Crippen molar-refractivity contribution in [2.45, 2.75) is 44.6 Å². The van der Waals surface area contributed by atoms with Crippen LogP contribution >= 0.6 is 15.9 Å². The molecule has 0 fully saturated rings. The minimum Gasteiger partial charge on any atom is -0.327 e. The first-order chi connectivity index (χ1) is 6.60. The highest BCUT2D eigenvalue weighted by Gasteiger charge is 2.09. The van der Waals surface area contributed by atoms with E-state index in [4.69, 9.17) is 0 Å². The molecule has 0 saturated heterocycles. The van der Waals surface area contributed by atoms with E-state index in [0.717, 1.165) is 12.8 Å². The van der Waals surface area contributed by atoms with Gasteiger partial charge >= 0.3 is 0 Å². The van der Waals surface area contributed by atoms with Crippen LogP contribution in [0.3, 0.4) is 0 Å². The monoisotopic (exact) mass is 264 g/mol. The molecular weight excluding hydrogens is 248 g/mol. The fourth-order valence-electron chi connectivity index (χ4n) is 0.917. The summed E-state index contributed by atoms with van der Waals surface area (Å²) in [6, 6.07) is 0. The molecule has 0 aromatic rings. The molecule has 14 heavy (non-hydrogen) atoms. The molecule has 2 N–H and O–H groups in total. The molecular formula is C9H17BrN2O2. The van der Waals surface area contributed by atoms with Gasteiger partial charge in [-0.1, -0.05) is 13.8 Å². The number of halogens is 1. The normalized spacial score (nSPS) is 10.0. The Balaban J connectivity index is 3.68. The van der Waals surface area contributed by atoms with Crippen molar-refractivity contribution in [3.8, 4) is 0 Å². The average molecular weight is 265 g/mol. The van der Waals surface area contributed by atoms with Crippen molar-refractivity contribution in [1.82, 2.24) is 10.6 Å². The Hall–Kier alpha value is -0.580. The van der Waals surface area contributed by atoms with E-state index in [0.29, 0.717) is 12.8 Å². The van der Waals surface area contributed by atoms with Gasteiger partial charge in [0.1, 0.15) is 0 Å². The first kappa shape index (κ1) is 13.4. The molecule has 0 radical (unpaired) electrons. The van der Waals surface area contributed by atoms with Crippen molar-refractivity contribution >= 4 is 27.7 Å². The summed E-state index contributed by atoms with van der Waals surface area (Å²) in [6.45, 7) is 3.86. The lowest BCUT2D eigenvalue weighted by molar-refractivity contribution is -0.123. The van der Waals surface area contributed by atoms with Crippen LogP contribution in [0.15, 0.2) is 0 Å². The predicted octanol–water partition coefficient (Wildman–Crippen LogP) is 1.50. The van der Waals surface area contributed by atoms with E-state index >= 15 is 0 Å². The maximum absolute atomic E-state index is 11.1. The fourth-order valence-corrected chi connectivity index (χ4v) is 1.43. The molecule has 0 spiro atoms. The SMILES string of the molecule is CCCC(=O)NC(Br)NC(=O)CCC. The number of hydrogen-bond acceptors (Lipinski definition) is 2. The van der Waals surface area contributed by atoms with E-state index in [1.807, 2.05) is 13.8 Å². The summed E-state index contributed by atoms with van der Waals surface area (Å²) in [5.41, 5.74) is 0. The lowest BCUT2D eigenvalue weighted by Gasteiger charge is -2.13. The van der Waals surface area contributed by atoms with Gasteiger partial charge in [-0.2, -0.15) is 0 Å². The highest BCUT2D eigenvalue weighted by Crippen LogP contribution is 1.95. The third-order valence-corrected chi connectivity index (χ3v) is 1.99. The van der Waals surface area contributed by atoms with Crippen LogP contribution in [-0.2, 0) is 9.59 Å². The van der Waals surface area contributed by atoms with Crippen LogP contribution in [0.2, 0.25) is 0 Å². The largest absolute Gasteiger partial charge is 0.327 e. The molecule has 0 unspecified atom stereocenters. The summed E-state index contributed by atoms with van der Waals surface area (Å²) in [6.07, 6.45) is 2.56. The van der Waals surface area contributed by atoms with Crippen LogP contribution in [0.4, 0.5) is 0 Å². The van der Waals surface area contributed by atoms with Crippen LogP contribution in [0.5, 0.6) is 0 Å². The van der Waals surface area contributed by atoms with Gasteiger partial charge in [-0.25, -0.2) is 0 Å². The Kier molecular flexibility index (Phi) is 7.47. The first-order valence-corrected chi connectivity index (χ1v) is 5.74. The number of alkyl halides is 1. The van der Waals surface area contributed by atoms with E-state index in [2.05, 4.69) is 26.6 Å². The molecule has 0 aromatic heterocycles. The number of rotatable bonds is 6. The zero-order chi connectivity index (χ0) is 11.0. The molecule has 0 heterocycles. The van der Waals surface area contributed by atoms with Gasteiger partial charge in [-0.05, 0) is 28.8 Å². The highest BCUT2D eigenvalue weighted by molar-refractivity contribution is 9.09. The second-order valence-electron chi connectivity index (χ2n) is 3.00. The molecule has 0 saturated carbocycles. The Bertz CT molecular complexity index is 177. The van der Waals surface area contributed by atoms with E-state index < -0.39 is 5.08 Å². The molecule has 0 rings (SSSR count). The summed E-state index contributed by atoms with van der Waals surface area (Å²) in [5.74, 6) is -0.127. The van der Waals surface area contributed by atoms with Crippen LogP contribution in [0.25, 0.3) is 0 Å². The van der Waals surface area contributed by atoms with E-state index in [1.165, 1.54) is 0 Å². The fraction of sp³-hybridized carbons (Fsp3) is 0.778. The number of carbonyl (C=O) groups is 2. The van der Waals surface area contributed by atoms with E-state index in [9.17, 15) is 9.59 Å². The van der Waals surface area contributed by atoms with Gasteiger partial charge < -0.3 is 10.6 Å². The number of hydrogen-bond donors (Lipinski definition) is 2. The van der Waals surface area contributed by atoms with Crippen LogP contribution in [-0.4, -0.2) is 16.9 Å². The maximum Gasteiger partial charge on any atom is 0.222 e. The molecule has 0 aliphatic rings. The third-order valence-electron chi connectivity index (χ3n) is 1.53. The predicted molar refractivity (Wildman–Crippen MR) is 58.8 cm³/mol. The molecule has 82 valence electrons. The van der Waals surface area contributed by atoms with E-state index in [1.54, 1.807) is 0 Å². The Labute approximate surface area is 92.9 Å². The number of nitrogens with one attached hydrogen (secondary N) is 2. The quantitative estimate of drug-likeness (QED) is 0.434. The molecule has 0 bridgehead atoms. The van der Waals surface area contributed by atoms with Crippen molar-refractivity contribution in [2.24, 2.45) is 0 Å². The third kappa shape index (κ3) is 6.88. The second-order valence-corrected chi connectivity index (χ2v) is 3.91. The zero-order valence-electron chi connectivity index (χ0n) is 8.60. The van der Waals surface area contributed by atoms with Crippen LogP contribution in [0.1, 0.15) is 39.5 Å². The maximum atomic E-state index is 11.1. The van der Waals surface area contributed by atoms with Crippen LogP contribution < -0.4 is 10.6 Å². The van der Waals surface area contributed by atoms with Gasteiger partial charge in [-0.15, -0.1) is 0 Å². The smallest absolute Gasteiger partial charge is 0.222 e. The summed E-state index contributed by atoms with van der Waals surface area (Å²) < 4.78 is 0. The lowest BCUT2D eigenvalue weighted by atomic mass is 10.3. The second kappa shape index (κ2) is 7.79. The Morgan fingerprint density at radius 2 is 1.43 bits per heavy atom. The number of carbonyl (C=O) groups excluding carboxylic acids is 2. The van der Waals surface area contributed by atoms with Gasteiger partial charge in [-0.3, -0.25) is 9.59 Å². The highest BCUT2D eigenvalue weighted by atomic mass is 79.9. The standard InChI is InChI=1S/C9H17BrN2O2/c1-3-5-7(13)11-9(10)12-8(14)6-4-2/h9H,3-6H2,1-2H3,(H,11,13)(H,12,14). The van der Waals surface area contributed by atoms with Crippen molar-refractivity contribution in [3.63, 3.8) is 0 Å². The van der Waals surface area contributed by atoms with Gasteiger partial charge in [0.05, 0.1) is 0 Å². The molecule has 2 amide bonds. The molecule has 5 heteroatoms.